The Kier molecular flexibility index (Phi) is 4.24. The average molecular weight is 262 g/mol. The van der Waals surface area contributed by atoms with Gasteiger partial charge in [-0.3, -0.25) is 0 Å². The van der Waals surface area contributed by atoms with E-state index in [1.54, 1.807) is 6.07 Å². The first kappa shape index (κ1) is 12.9. The Balaban J connectivity index is 2.32. The number of benzene rings is 2. The maximum absolute atomic E-state index is 6.08. The van der Waals surface area contributed by atoms with Crippen LogP contribution in [0.15, 0.2) is 48.5 Å². The van der Waals surface area contributed by atoms with Crippen LogP contribution < -0.4 is 10.5 Å². The summed E-state index contributed by atoms with van der Waals surface area (Å²) in [4.78, 5) is 0. The van der Waals surface area contributed by atoms with Crippen molar-refractivity contribution in [3.63, 3.8) is 0 Å². The minimum atomic E-state index is -0.0244. The van der Waals surface area contributed by atoms with E-state index in [1.165, 1.54) is 0 Å². The smallest absolute Gasteiger partial charge is 0.146 e. The summed E-state index contributed by atoms with van der Waals surface area (Å²) in [5.41, 5.74) is 7.07. The zero-order chi connectivity index (χ0) is 13.0. The molecule has 0 amide bonds. The van der Waals surface area contributed by atoms with E-state index >= 15 is 0 Å². The highest BCUT2D eigenvalue weighted by atomic mass is 35.5. The van der Waals surface area contributed by atoms with E-state index in [0.717, 1.165) is 17.7 Å². The molecule has 0 heterocycles. The second kappa shape index (κ2) is 5.89. The van der Waals surface area contributed by atoms with E-state index < -0.39 is 0 Å². The second-order valence-electron chi connectivity index (χ2n) is 4.09. The Bertz CT molecular complexity index is 527. The third-order valence-corrected chi connectivity index (χ3v) is 3.13. The highest BCUT2D eigenvalue weighted by Crippen LogP contribution is 2.33. The predicted molar refractivity (Wildman–Crippen MR) is 75.2 cm³/mol. The Morgan fingerprint density at radius 1 is 1.06 bits per heavy atom. The standard InChI is InChI=1S/C15H16ClNO/c1-2-13(17)11-7-3-5-9-14(11)18-15-10-6-4-8-12(15)16/h3-10,13H,2,17H2,1H3/t13-/m1/s1. The number of ether oxygens (including phenoxy) is 1. The normalized spacial score (nSPS) is 12.2. The van der Waals surface area contributed by atoms with Crippen LogP contribution in [0.2, 0.25) is 5.02 Å². The molecule has 0 saturated heterocycles. The number of hydrogen-bond acceptors (Lipinski definition) is 2. The van der Waals surface area contributed by atoms with Gasteiger partial charge in [0.25, 0.3) is 0 Å². The van der Waals surface area contributed by atoms with Crippen molar-refractivity contribution in [2.45, 2.75) is 19.4 Å². The van der Waals surface area contributed by atoms with E-state index in [9.17, 15) is 0 Å². The molecule has 0 aliphatic carbocycles. The van der Waals surface area contributed by atoms with Crippen molar-refractivity contribution in [2.75, 3.05) is 0 Å². The van der Waals surface area contributed by atoms with Gasteiger partial charge in [0, 0.05) is 11.6 Å². The minimum Gasteiger partial charge on any atom is -0.455 e. The second-order valence-corrected chi connectivity index (χ2v) is 4.49. The van der Waals surface area contributed by atoms with Gasteiger partial charge in [-0.2, -0.15) is 0 Å². The lowest BCUT2D eigenvalue weighted by Gasteiger charge is -2.15. The maximum Gasteiger partial charge on any atom is 0.146 e. The van der Waals surface area contributed by atoms with Gasteiger partial charge >= 0.3 is 0 Å². The number of hydrogen-bond donors (Lipinski definition) is 1. The molecular weight excluding hydrogens is 246 g/mol. The van der Waals surface area contributed by atoms with Crippen molar-refractivity contribution in [1.29, 1.82) is 0 Å². The van der Waals surface area contributed by atoms with E-state index in [1.807, 2.05) is 42.5 Å². The summed E-state index contributed by atoms with van der Waals surface area (Å²) in [6, 6.07) is 15.2. The van der Waals surface area contributed by atoms with Gasteiger partial charge < -0.3 is 10.5 Å². The maximum atomic E-state index is 6.08. The lowest BCUT2D eigenvalue weighted by molar-refractivity contribution is 0.469. The summed E-state index contributed by atoms with van der Waals surface area (Å²) in [6.45, 7) is 2.05. The van der Waals surface area contributed by atoms with Crippen LogP contribution in [0.3, 0.4) is 0 Å². The fraction of sp³-hybridized carbons (Fsp3) is 0.200. The minimum absolute atomic E-state index is 0.0244. The van der Waals surface area contributed by atoms with Crippen molar-refractivity contribution in [3.8, 4) is 11.5 Å². The number of nitrogens with two attached hydrogens (primary N) is 1. The highest BCUT2D eigenvalue weighted by molar-refractivity contribution is 6.32. The molecule has 1 atom stereocenters. The monoisotopic (exact) mass is 261 g/mol. The average Bonchev–Trinajstić information content (AvgIpc) is 2.41. The van der Waals surface area contributed by atoms with Gasteiger partial charge in [-0.15, -0.1) is 0 Å². The van der Waals surface area contributed by atoms with Gasteiger partial charge in [0.2, 0.25) is 0 Å². The zero-order valence-corrected chi connectivity index (χ0v) is 11.0. The molecule has 0 radical (unpaired) electrons. The van der Waals surface area contributed by atoms with Gasteiger partial charge in [0.15, 0.2) is 0 Å². The third-order valence-electron chi connectivity index (χ3n) is 2.81. The first-order valence-electron chi connectivity index (χ1n) is 5.99. The SMILES string of the molecule is CC[C@@H](N)c1ccccc1Oc1ccccc1Cl. The predicted octanol–water partition coefficient (Wildman–Crippen LogP) is 4.54. The summed E-state index contributed by atoms with van der Waals surface area (Å²) in [6.07, 6.45) is 0.864. The molecule has 0 bridgehead atoms. The van der Waals surface area contributed by atoms with Gasteiger partial charge in [-0.25, -0.2) is 0 Å². The van der Waals surface area contributed by atoms with Crippen LogP contribution in [0.25, 0.3) is 0 Å². The quantitative estimate of drug-likeness (QED) is 0.877. The van der Waals surface area contributed by atoms with Crippen LogP contribution in [0.1, 0.15) is 24.9 Å². The van der Waals surface area contributed by atoms with Gasteiger partial charge in [0.05, 0.1) is 5.02 Å². The summed E-state index contributed by atoms with van der Waals surface area (Å²) >= 11 is 6.08. The van der Waals surface area contributed by atoms with Crippen LogP contribution in [0.4, 0.5) is 0 Å². The zero-order valence-electron chi connectivity index (χ0n) is 10.3. The Labute approximate surface area is 112 Å². The van der Waals surface area contributed by atoms with Gasteiger partial charge in [-0.05, 0) is 24.6 Å². The summed E-state index contributed by atoms with van der Waals surface area (Å²) in [5.74, 6) is 1.41. The highest BCUT2D eigenvalue weighted by Gasteiger charge is 2.11. The Hall–Kier alpha value is -1.51. The Morgan fingerprint density at radius 3 is 2.33 bits per heavy atom. The summed E-state index contributed by atoms with van der Waals surface area (Å²) in [5, 5.41) is 0.595. The molecule has 2 rings (SSSR count). The number of para-hydroxylation sites is 2. The summed E-state index contributed by atoms with van der Waals surface area (Å²) in [7, 11) is 0. The van der Waals surface area contributed by atoms with Gasteiger partial charge in [0.1, 0.15) is 11.5 Å². The van der Waals surface area contributed by atoms with E-state index in [0.29, 0.717) is 10.8 Å². The molecule has 0 spiro atoms. The van der Waals surface area contributed by atoms with Crippen LogP contribution in [0, 0.1) is 0 Å². The molecule has 0 fully saturated rings. The molecule has 2 nitrogen and oxygen atoms in total. The lowest BCUT2D eigenvalue weighted by atomic mass is 10.0. The molecule has 18 heavy (non-hydrogen) atoms. The summed E-state index contributed by atoms with van der Waals surface area (Å²) < 4.78 is 5.85. The molecule has 2 aromatic rings. The van der Waals surface area contributed by atoms with E-state index in [-0.39, 0.29) is 6.04 Å². The molecule has 2 N–H and O–H groups in total. The van der Waals surface area contributed by atoms with Crippen molar-refractivity contribution < 1.29 is 4.74 Å². The first-order chi connectivity index (χ1) is 8.72. The topological polar surface area (TPSA) is 35.2 Å². The largest absolute Gasteiger partial charge is 0.455 e. The molecule has 0 aliphatic heterocycles. The molecule has 0 unspecified atom stereocenters. The molecule has 0 aromatic heterocycles. The van der Waals surface area contributed by atoms with Crippen molar-refractivity contribution in [2.24, 2.45) is 5.73 Å². The van der Waals surface area contributed by atoms with E-state index in [4.69, 9.17) is 22.1 Å². The number of halogens is 1. The van der Waals surface area contributed by atoms with Crippen LogP contribution in [0.5, 0.6) is 11.5 Å². The van der Waals surface area contributed by atoms with Crippen LogP contribution >= 0.6 is 11.6 Å². The molecule has 2 aromatic carbocycles. The molecule has 94 valence electrons. The first-order valence-corrected chi connectivity index (χ1v) is 6.37. The van der Waals surface area contributed by atoms with Crippen molar-refractivity contribution in [1.82, 2.24) is 0 Å². The number of rotatable bonds is 4. The van der Waals surface area contributed by atoms with Crippen molar-refractivity contribution in [3.05, 3.63) is 59.1 Å². The van der Waals surface area contributed by atoms with Crippen molar-refractivity contribution >= 4 is 11.6 Å². The van der Waals surface area contributed by atoms with Crippen LogP contribution in [-0.4, -0.2) is 0 Å². The van der Waals surface area contributed by atoms with Gasteiger partial charge in [-0.1, -0.05) is 48.9 Å². The fourth-order valence-electron chi connectivity index (χ4n) is 1.75. The van der Waals surface area contributed by atoms with E-state index in [2.05, 4.69) is 6.92 Å². The third kappa shape index (κ3) is 2.84. The Morgan fingerprint density at radius 2 is 1.67 bits per heavy atom. The molecule has 0 aliphatic rings. The molecule has 0 saturated carbocycles. The lowest BCUT2D eigenvalue weighted by Crippen LogP contribution is -2.09. The fourth-order valence-corrected chi connectivity index (χ4v) is 1.92. The molecule has 3 heteroatoms. The molecular formula is C15H16ClNO. The van der Waals surface area contributed by atoms with Crippen LogP contribution in [-0.2, 0) is 0 Å².